The number of fused-ring (bicyclic) bond motifs is 3. The van der Waals surface area contributed by atoms with Gasteiger partial charge in [0.25, 0.3) is 0 Å². The molecule has 0 amide bonds. The average Bonchev–Trinajstić information content (AvgIpc) is 4.43. The Morgan fingerprint density at radius 3 is 0.833 bits per heavy atom. The fourth-order valence-corrected chi connectivity index (χ4v) is 8.73. The monoisotopic (exact) mass is 1130 g/mol. The van der Waals surface area contributed by atoms with Gasteiger partial charge >= 0.3 is 17.9 Å². The van der Waals surface area contributed by atoms with Crippen molar-refractivity contribution in [2.45, 2.75) is 18.3 Å². The molecule has 18 nitrogen and oxygen atoms in total. The third kappa shape index (κ3) is 12.9. The second kappa shape index (κ2) is 25.8. The Hall–Kier alpha value is -11.4. The van der Waals surface area contributed by atoms with Crippen molar-refractivity contribution in [1.29, 1.82) is 0 Å². The molecule has 9 aromatic carbocycles. The van der Waals surface area contributed by atoms with E-state index in [1.807, 2.05) is 91.0 Å². The van der Waals surface area contributed by atoms with Gasteiger partial charge in [-0.2, -0.15) is 0 Å². The van der Waals surface area contributed by atoms with Gasteiger partial charge in [-0.1, -0.05) is 127 Å². The molecule has 3 atom stereocenters. The molecule has 0 radical (unpaired) electrons. The SMILES string of the molecule is COc1ccc(OC(C(=O)O)c2ccccc2)c(-c2nc3ccccc3o2)c1.COc1ccc(OC(C(=O)O)c2ccccc2)c(-c2nc3ccccc3o2)c1.COc1ccc(OC(C(=O)O)c2ccccc2)c(-c2nc3ccccc3o2)c1. The highest BCUT2D eigenvalue weighted by atomic mass is 16.5. The molecule has 0 saturated heterocycles. The Morgan fingerprint density at radius 2 is 0.595 bits per heavy atom. The Bertz CT molecular complexity index is 3690. The zero-order valence-electron chi connectivity index (χ0n) is 45.1. The lowest BCUT2D eigenvalue weighted by atomic mass is 10.1. The molecule has 18 heteroatoms. The molecule has 0 aliphatic rings. The number of carboxylic acids is 3. The molecule has 3 N–H and O–H groups in total. The third-order valence-electron chi connectivity index (χ3n) is 12.8. The Balaban J connectivity index is 0.000000140. The second-order valence-electron chi connectivity index (χ2n) is 18.3. The predicted molar refractivity (Wildman–Crippen MR) is 310 cm³/mol. The van der Waals surface area contributed by atoms with E-state index in [-0.39, 0.29) is 0 Å². The highest BCUT2D eigenvalue weighted by Gasteiger charge is 2.28. The third-order valence-corrected chi connectivity index (χ3v) is 12.8. The summed E-state index contributed by atoms with van der Waals surface area (Å²) in [6.45, 7) is 0. The van der Waals surface area contributed by atoms with Crippen molar-refractivity contribution in [3.63, 3.8) is 0 Å². The zero-order valence-corrected chi connectivity index (χ0v) is 45.1. The molecule has 0 fully saturated rings. The summed E-state index contributed by atoms with van der Waals surface area (Å²) in [4.78, 5) is 49.0. The molecular formula is C66H51N3O15. The Kier molecular flexibility index (Phi) is 17.2. The number of methoxy groups -OCH3 is 3. The van der Waals surface area contributed by atoms with Crippen LogP contribution in [0.5, 0.6) is 34.5 Å². The van der Waals surface area contributed by atoms with Crippen LogP contribution < -0.4 is 28.4 Å². The van der Waals surface area contributed by atoms with Gasteiger partial charge in [0.2, 0.25) is 36.0 Å². The molecule has 3 heterocycles. The van der Waals surface area contributed by atoms with Gasteiger partial charge in [0.05, 0.1) is 38.0 Å². The number of hydrogen-bond acceptors (Lipinski definition) is 15. The molecule has 0 spiro atoms. The summed E-state index contributed by atoms with van der Waals surface area (Å²) in [7, 11) is 4.65. The van der Waals surface area contributed by atoms with Crippen LogP contribution >= 0.6 is 0 Å². The van der Waals surface area contributed by atoms with Crippen LogP contribution in [0.15, 0.2) is 232 Å². The van der Waals surface area contributed by atoms with Gasteiger partial charge in [-0.25, -0.2) is 29.3 Å². The maximum atomic E-state index is 11.8. The fourth-order valence-electron chi connectivity index (χ4n) is 8.73. The number of aromatic nitrogens is 3. The molecular weight excluding hydrogens is 1070 g/mol. The van der Waals surface area contributed by atoms with Crippen LogP contribution in [-0.4, -0.2) is 69.5 Å². The number of carboxylic acid groups (broad SMARTS) is 3. The summed E-state index contributed by atoms with van der Waals surface area (Å²) in [5.74, 6) is 0.452. The van der Waals surface area contributed by atoms with Crippen LogP contribution in [0, 0.1) is 0 Å². The lowest BCUT2D eigenvalue weighted by Crippen LogP contribution is -2.18. The smallest absolute Gasteiger partial charge is 0.349 e. The minimum atomic E-state index is -1.17. The summed E-state index contributed by atoms with van der Waals surface area (Å²) >= 11 is 0. The topological polar surface area (TPSA) is 245 Å². The van der Waals surface area contributed by atoms with Crippen molar-refractivity contribution in [1.82, 2.24) is 15.0 Å². The number of oxazole rings is 3. The van der Waals surface area contributed by atoms with Crippen LogP contribution in [0.3, 0.4) is 0 Å². The zero-order chi connectivity index (χ0) is 58.5. The summed E-state index contributed by atoms with van der Waals surface area (Å²) in [6.07, 6.45) is -3.51. The van der Waals surface area contributed by atoms with Gasteiger partial charge in [-0.15, -0.1) is 0 Å². The maximum Gasteiger partial charge on any atom is 0.349 e. The normalized spacial score (nSPS) is 11.9. The largest absolute Gasteiger partial charge is 0.497 e. The van der Waals surface area contributed by atoms with Gasteiger partial charge < -0.3 is 57.0 Å². The molecule has 3 aromatic heterocycles. The van der Waals surface area contributed by atoms with Gasteiger partial charge in [0.1, 0.15) is 51.0 Å². The van der Waals surface area contributed by atoms with Crippen LogP contribution in [-0.2, 0) is 14.4 Å². The molecule has 0 aliphatic carbocycles. The summed E-state index contributed by atoms with van der Waals surface area (Å²) in [5, 5.41) is 29.0. The molecule has 12 aromatic rings. The van der Waals surface area contributed by atoms with Gasteiger partial charge in [-0.3, -0.25) is 0 Å². The minimum absolute atomic E-state index is 0.326. The Morgan fingerprint density at radius 1 is 0.345 bits per heavy atom. The van der Waals surface area contributed by atoms with Crippen molar-refractivity contribution >= 4 is 51.2 Å². The van der Waals surface area contributed by atoms with E-state index in [1.54, 1.807) is 149 Å². The highest BCUT2D eigenvalue weighted by molar-refractivity contribution is 5.82. The van der Waals surface area contributed by atoms with Crippen molar-refractivity contribution in [2.75, 3.05) is 21.3 Å². The number of para-hydroxylation sites is 6. The van der Waals surface area contributed by atoms with Crippen molar-refractivity contribution < 1.29 is 71.4 Å². The van der Waals surface area contributed by atoms with Crippen molar-refractivity contribution in [3.8, 4) is 68.9 Å². The van der Waals surface area contributed by atoms with E-state index >= 15 is 0 Å². The quantitative estimate of drug-likeness (QED) is 0.0723. The first-order chi connectivity index (χ1) is 41.0. The van der Waals surface area contributed by atoms with E-state index in [2.05, 4.69) is 15.0 Å². The Labute approximate surface area is 479 Å². The number of carbonyl (C=O) groups is 3. The first-order valence-electron chi connectivity index (χ1n) is 25.9. The van der Waals surface area contributed by atoms with E-state index in [9.17, 15) is 29.7 Å². The van der Waals surface area contributed by atoms with Crippen LogP contribution in [0.4, 0.5) is 0 Å². The van der Waals surface area contributed by atoms with Crippen molar-refractivity contribution in [3.05, 3.63) is 235 Å². The van der Waals surface area contributed by atoms with E-state index < -0.39 is 36.2 Å². The lowest BCUT2D eigenvalue weighted by Gasteiger charge is -2.17. The number of aliphatic carboxylic acids is 3. The number of hydrogen-bond donors (Lipinski definition) is 3. The van der Waals surface area contributed by atoms with Gasteiger partial charge in [0.15, 0.2) is 16.7 Å². The molecule has 12 rings (SSSR count). The van der Waals surface area contributed by atoms with Gasteiger partial charge in [0, 0.05) is 16.7 Å². The highest BCUT2D eigenvalue weighted by Crippen LogP contribution is 2.40. The number of benzene rings is 9. The molecule has 0 aliphatic heterocycles. The molecule has 0 saturated carbocycles. The average molecular weight is 1130 g/mol. The standard InChI is InChI=1S/3C22H17NO5/c3*1-26-15-11-12-18(27-20(22(24)25)14-7-3-2-4-8-14)16(13-15)21-23-17-9-5-6-10-19(17)28-21/h3*2-13,20H,1H3,(H,24,25). The number of rotatable bonds is 18. The molecule has 84 heavy (non-hydrogen) atoms. The fraction of sp³-hybridized carbons (Fsp3) is 0.0909. The van der Waals surface area contributed by atoms with E-state index in [4.69, 9.17) is 41.7 Å². The van der Waals surface area contributed by atoms with E-state index in [0.29, 0.717) is 119 Å². The maximum absolute atomic E-state index is 11.8. The van der Waals surface area contributed by atoms with Gasteiger partial charge in [-0.05, 0) is 91.0 Å². The predicted octanol–water partition coefficient (Wildman–Crippen LogP) is 14.1. The molecule has 0 bridgehead atoms. The first kappa shape index (κ1) is 55.9. The molecule has 420 valence electrons. The van der Waals surface area contributed by atoms with E-state index in [1.165, 1.54) is 0 Å². The summed E-state index contributed by atoms with van der Waals surface area (Å²) in [5.41, 5.74) is 7.13. The number of nitrogens with zero attached hydrogens (tertiary/aromatic N) is 3. The molecule has 3 unspecified atom stereocenters. The second-order valence-corrected chi connectivity index (χ2v) is 18.3. The minimum Gasteiger partial charge on any atom is -0.497 e. The van der Waals surface area contributed by atoms with Crippen molar-refractivity contribution in [2.24, 2.45) is 0 Å². The summed E-state index contributed by atoms with van der Waals surface area (Å²) in [6, 6.07) is 63.7. The first-order valence-corrected chi connectivity index (χ1v) is 25.9. The van der Waals surface area contributed by atoms with E-state index in [0.717, 1.165) is 0 Å². The van der Waals surface area contributed by atoms with Crippen LogP contribution in [0.2, 0.25) is 0 Å². The number of ether oxygens (including phenoxy) is 6. The lowest BCUT2D eigenvalue weighted by molar-refractivity contribution is -0.146. The van der Waals surface area contributed by atoms with Crippen LogP contribution in [0.25, 0.3) is 67.7 Å². The van der Waals surface area contributed by atoms with Crippen LogP contribution in [0.1, 0.15) is 35.0 Å². The summed E-state index contributed by atoms with van der Waals surface area (Å²) < 4.78 is 51.1.